The molecular formula is C13H15ClN2O2. The van der Waals surface area contributed by atoms with Gasteiger partial charge in [-0.15, -0.1) is 0 Å². The Morgan fingerprint density at radius 2 is 2.00 bits per heavy atom. The van der Waals surface area contributed by atoms with Gasteiger partial charge in [-0.05, 0) is 19.1 Å². The highest BCUT2D eigenvalue weighted by Gasteiger charge is 2.33. The first-order valence-electron chi connectivity index (χ1n) is 5.83. The molecule has 0 N–H and O–H groups in total. The first-order chi connectivity index (χ1) is 8.52. The lowest BCUT2D eigenvalue weighted by Crippen LogP contribution is -2.56. The normalized spacial score (nSPS) is 20.2. The molecule has 0 radical (unpaired) electrons. The fourth-order valence-electron chi connectivity index (χ4n) is 2.08. The van der Waals surface area contributed by atoms with Crippen LogP contribution < -0.4 is 0 Å². The van der Waals surface area contributed by atoms with E-state index in [1.54, 1.807) is 48.0 Å². The van der Waals surface area contributed by atoms with Gasteiger partial charge in [-0.3, -0.25) is 9.59 Å². The Morgan fingerprint density at radius 1 is 1.33 bits per heavy atom. The van der Waals surface area contributed by atoms with E-state index in [1.807, 2.05) is 0 Å². The van der Waals surface area contributed by atoms with Crippen molar-refractivity contribution < 1.29 is 9.59 Å². The first-order valence-corrected chi connectivity index (χ1v) is 6.20. The highest BCUT2D eigenvalue weighted by molar-refractivity contribution is 6.33. The lowest BCUT2D eigenvalue weighted by molar-refractivity contribution is -0.137. The SMILES string of the molecule is CC1C(=O)N(C)CCN1C(=O)c1ccccc1Cl. The van der Waals surface area contributed by atoms with Crippen molar-refractivity contribution in [2.24, 2.45) is 0 Å². The van der Waals surface area contributed by atoms with Gasteiger partial charge in [0.1, 0.15) is 6.04 Å². The molecule has 18 heavy (non-hydrogen) atoms. The van der Waals surface area contributed by atoms with Gasteiger partial charge in [0.05, 0.1) is 10.6 Å². The molecule has 1 aliphatic heterocycles. The topological polar surface area (TPSA) is 40.6 Å². The van der Waals surface area contributed by atoms with Crippen LogP contribution in [0.3, 0.4) is 0 Å². The van der Waals surface area contributed by atoms with Crippen LogP contribution in [0, 0.1) is 0 Å². The average Bonchev–Trinajstić information content (AvgIpc) is 2.36. The van der Waals surface area contributed by atoms with Crippen molar-refractivity contribution >= 4 is 23.4 Å². The molecule has 1 saturated heterocycles. The molecule has 1 aromatic carbocycles. The van der Waals surface area contributed by atoms with Crippen molar-refractivity contribution in [3.63, 3.8) is 0 Å². The highest BCUT2D eigenvalue weighted by atomic mass is 35.5. The lowest BCUT2D eigenvalue weighted by atomic mass is 10.1. The summed E-state index contributed by atoms with van der Waals surface area (Å²) in [6.07, 6.45) is 0. The molecule has 1 heterocycles. The van der Waals surface area contributed by atoms with Gasteiger partial charge < -0.3 is 9.80 Å². The summed E-state index contributed by atoms with van der Waals surface area (Å²) in [7, 11) is 1.75. The summed E-state index contributed by atoms with van der Waals surface area (Å²) in [4.78, 5) is 27.4. The summed E-state index contributed by atoms with van der Waals surface area (Å²) in [5.74, 6) is -0.226. The van der Waals surface area contributed by atoms with E-state index in [0.29, 0.717) is 23.7 Å². The van der Waals surface area contributed by atoms with Crippen LogP contribution in [0.4, 0.5) is 0 Å². The Kier molecular flexibility index (Phi) is 3.57. The molecule has 1 unspecified atom stereocenters. The van der Waals surface area contributed by atoms with E-state index in [4.69, 9.17) is 11.6 Å². The number of likely N-dealkylation sites (N-methyl/N-ethyl adjacent to an activating group) is 1. The third-order valence-electron chi connectivity index (χ3n) is 3.24. The van der Waals surface area contributed by atoms with Crippen molar-refractivity contribution in [1.82, 2.24) is 9.80 Å². The van der Waals surface area contributed by atoms with E-state index in [0.717, 1.165) is 0 Å². The number of hydrogen-bond donors (Lipinski definition) is 0. The van der Waals surface area contributed by atoms with Crippen molar-refractivity contribution in [2.45, 2.75) is 13.0 Å². The van der Waals surface area contributed by atoms with E-state index in [1.165, 1.54) is 0 Å². The molecule has 2 amide bonds. The van der Waals surface area contributed by atoms with Crippen LogP contribution in [0.5, 0.6) is 0 Å². The molecule has 0 bridgehead atoms. The largest absolute Gasteiger partial charge is 0.342 e. The monoisotopic (exact) mass is 266 g/mol. The second kappa shape index (κ2) is 4.98. The van der Waals surface area contributed by atoms with Gasteiger partial charge in [0, 0.05) is 20.1 Å². The van der Waals surface area contributed by atoms with E-state index in [-0.39, 0.29) is 11.8 Å². The van der Waals surface area contributed by atoms with Crippen molar-refractivity contribution in [3.8, 4) is 0 Å². The summed E-state index contributed by atoms with van der Waals surface area (Å²) in [6, 6.07) is 6.46. The predicted molar refractivity (Wildman–Crippen MR) is 69.6 cm³/mol. The van der Waals surface area contributed by atoms with Crippen LogP contribution in [0.25, 0.3) is 0 Å². The van der Waals surface area contributed by atoms with Crippen LogP contribution in [0.1, 0.15) is 17.3 Å². The van der Waals surface area contributed by atoms with Crippen LogP contribution in [0.2, 0.25) is 5.02 Å². The summed E-state index contributed by atoms with van der Waals surface area (Å²) < 4.78 is 0. The van der Waals surface area contributed by atoms with Crippen LogP contribution in [-0.4, -0.2) is 47.8 Å². The number of carbonyl (C=O) groups excluding carboxylic acids is 2. The fraction of sp³-hybridized carbons (Fsp3) is 0.385. The number of benzene rings is 1. The van der Waals surface area contributed by atoms with Crippen molar-refractivity contribution in [1.29, 1.82) is 0 Å². The van der Waals surface area contributed by atoms with Gasteiger partial charge >= 0.3 is 0 Å². The van der Waals surface area contributed by atoms with Gasteiger partial charge in [-0.2, -0.15) is 0 Å². The molecule has 1 fully saturated rings. The number of nitrogens with zero attached hydrogens (tertiary/aromatic N) is 2. The summed E-state index contributed by atoms with van der Waals surface area (Å²) in [5.41, 5.74) is 0.448. The molecule has 0 aromatic heterocycles. The zero-order valence-electron chi connectivity index (χ0n) is 10.4. The molecular weight excluding hydrogens is 252 g/mol. The highest BCUT2D eigenvalue weighted by Crippen LogP contribution is 2.20. The molecule has 1 atom stereocenters. The Labute approximate surface area is 111 Å². The Balaban J connectivity index is 2.25. The number of hydrogen-bond acceptors (Lipinski definition) is 2. The second-order valence-corrected chi connectivity index (χ2v) is 4.82. The lowest BCUT2D eigenvalue weighted by Gasteiger charge is -2.37. The smallest absolute Gasteiger partial charge is 0.256 e. The van der Waals surface area contributed by atoms with E-state index < -0.39 is 6.04 Å². The summed E-state index contributed by atoms with van der Waals surface area (Å²) >= 11 is 6.01. The maximum Gasteiger partial charge on any atom is 0.256 e. The first kappa shape index (κ1) is 12.9. The average molecular weight is 267 g/mol. The summed E-state index contributed by atoms with van der Waals surface area (Å²) in [6.45, 7) is 2.83. The minimum atomic E-state index is -0.437. The van der Waals surface area contributed by atoms with Gasteiger partial charge in [0.2, 0.25) is 5.91 Å². The maximum atomic E-state index is 12.4. The fourth-order valence-corrected chi connectivity index (χ4v) is 2.30. The molecule has 1 aromatic rings. The Hall–Kier alpha value is -1.55. The van der Waals surface area contributed by atoms with E-state index >= 15 is 0 Å². The quantitative estimate of drug-likeness (QED) is 0.775. The molecule has 2 rings (SSSR count). The molecule has 0 spiro atoms. The van der Waals surface area contributed by atoms with Gasteiger partial charge in [0.15, 0.2) is 0 Å². The van der Waals surface area contributed by atoms with Crippen molar-refractivity contribution in [3.05, 3.63) is 34.9 Å². The van der Waals surface area contributed by atoms with E-state index in [9.17, 15) is 9.59 Å². The van der Waals surface area contributed by atoms with Gasteiger partial charge in [-0.25, -0.2) is 0 Å². The summed E-state index contributed by atoms with van der Waals surface area (Å²) in [5, 5.41) is 0.418. The van der Waals surface area contributed by atoms with Gasteiger partial charge in [0.25, 0.3) is 5.91 Å². The number of amides is 2. The van der Waals surface area contributed by atoms with Crippen LogP contribution in [0.15, 0.2) is 24.3 Å². The predicted octanol–water partition coefficient (Wildman–Crippen LogP) is 1.64. The van der Waals surface area contributed by atoms with E-state index in [2.05, 4.69) is 0 Å². The number of halogens is 1. The third kappa shape index (κ3) is 2.20. The van der Waals surface area contributed by atoms with Gasteiger partial charge in [-0.1, -0.05) is 23.7 Å². The molecule has 4 nitrogen and oxygen atoms in total. The number of rotatable bonds is 1. The molecule has 1 aliphatic rings. The minimum Gasteiger partial charge on any atom is -0.342 e. The second-order valence-electron chi connectivity index (χ2n) is 4.41. The van der Waals surface area contributed by atoms with Crippen LogP contribution in [-0.2, 0) is 4.79 Å². The van der Waals surface area contributed by atoms with Crippen LogP contribution >= 0.6 is 11.6 Å². The standard InChI is InChI=1S/C13H15ClN2O2/c1-9-12(17)15(2)7-8-16(9)13(18)10-5-3-4-6-11(10)14/h3-6,9H,7-8H2,1-2H3. The Morgan fingerprint density at radius 3 is 2.67 bits per heavy atom. The molecule has 96 valence electrons. The number of piperazine rings is 1. The third-order valence-corrected chi connectivity index (χ3v) is 3.57. The zero-order chi connectivity index (χ0) is 13.3. The van der Waals surface area contributed by atoms with Crippen molar-refractivity contribution in [2.75, 3.05) is 20.1 Å². The molecule has 0 aliphatic carbocycles. The zero-order valence-corrected chi connectivity index (χ0v) is 11.1. The maximum absolute atomic E-state index is 12.4. The Bertz CT molecular complexity index is 490. The number of carbonyl (C=O) groups is 2. The molecule has 5 heteroatoms. The minimum absolute atomic E-state index is 0.0401. The molecule has 0 saturated carbocycles.